The number of nitrogens with one attached hydrogen (secondary N) is 1. The first-order valence-electron chi connectivity index (χ1n) is 11.2. The molecule has 0 radical (unpaired) electrons. The van der Waals surface area contributed by atoms with E-state index in [4.69, 9.17) is 9.47 Å². The summed E-state index contributed by atoms with van der Waals surface area (Å²) in [6.45, 7) is 3.22. The highest BCUT2D eigenvalue weighted by Gasteiger charge is 2.32. The number of anilines is 3. The van der Waals surface area contributed by atoms with Crippen molar-refractivity contribution in [2.45, 2.75) is 12.9 Å². The largest absolute Gasteiger partial charge is 0.573 e. The Morgan fingerprint density at radius 1 is 1.03 bits per heavy atom. The maximum Gasteiger partial charge on any atom is 0.573 e. The number of aromatic nitrogens is 2. The molecule has 37 heavy (non-hydrogen) atoms. The number of benzene rings is 2. The molecule has 194 valence electrons. The number of piperazine rings is 1. The molecular formula is C23H21F3N6O5. The van der Waals surface area contributed by atoms with Gasteiger partial charge >= 0.3 is 12.0 Å². The predicted octanol–water partition coefficient (Wildman–Crippen LogP) is 4.08. The molecule has 3 heterocycles. The van der Waals surface area contributed by atoms with Gasteiger partial charge in [0.1, 0.15) is 12.1 Å². The Morgan fingerprint density at radius 3 is 2.46 bits per heavy atom. The first-order chi connectivity index (χ1) is 17.7. The molecule has 2 aliphatic heterocycles. The van der Waals surface area contributed by atoms with E-state index in [-0.39, 0.29) is 24.1 Å². The molecule has 0 spiro atoms. The van der Waals surface area contributed by atoms with Crippen LogP contribution in [0.15, 0.2) is 48.8 Å². The maximum absolute atomic E-state index is 12.4. The molecule has 11 nitrogen and oxygen atoms in total. The minimum Gasteiger partial charge on any atom is -0.454 e. The van der Waals surface area contributed by atoms with Gasteiger partial charge in [0.25, 0.3) is 0 Å². The number of hydrogen-bond donors (Lipinski definition) is 1. The first kappa shape index (κ1) is 24.4. The van der Waals surface area contributed by atoms with Crippen molar-refractivity contribution >= 4 is 23.0 Å². The highest BCUT2D eigenvalue weighted by Crippen LogP contribution is 2.35. The summed E-state index contributed by atoms with van der Waals surface area (Å²) in [4.78, 5) is 23.6. The summed E-state index contributed by atoms with van der Waals surface area (Å²) in [5.74, 6) is 1.13. The molecule has 1 fully saturated rings. The van der Waals surface area contributed by atoms with Gasteiger partial charge in [0.05, 0.1) is 4.92 Å². The molecular weight excluding hydrogens is 497 g/mol. The fraction of sp³-hybridized carbons (Fsp3) is 0.304. The summed E-state index contributed by atoms with van der Waals surface area (Å²) in [5, 5.41) is 14.8. The number of nitrogens with zero attached hydrogens (tertiary/aromatic N) is 5. The maximum atomic E-state index is 12.4. The van der Waals surface area contributed by atoms with Crippen LogP contribution < -0.4 is 24.4 Å². The van der Waals surface area contributed by atoms with Crippen LogP contribution in [0.25, 0.3) is 0 Å². The van der Waals surface area contributed by atoms with Gasteiger partial charge in [0.15, 0.2) is 11.5 Å². The van der Waals surface area contributed by atoms with Crippen LogP contribution in [0.4, 0.5) is 36.2 Å². The Morgan fingerprint density at radius 2 is 1.76 bits per heavy atom. The lowest BCUT2D eigenvalue weighted by atomic mass is 10.1. The van der Waals surface area contributed by atoms with Crippen molar-refractivity contribution in [3.05, 3.63) is 64.5 Å². The molecule has 1 aromatic heterocycles. The van der Waals surface area contributed by atoms with E-state index in [0.717, 1.165) is 29.2 Å². The van der Waals surface area contributed by atoms with Gasteiger partial charge in [-0.2, -0.15) is 0 Å². The molecule has 0 aliphatic carbocycles. The van der Waals surface area contributed by atoms with Gasteiger partial charge in [-0.05, 0) is 42.0 Å². The zero-order valence-corrected chi connectivity index (χ0v) is 19.3. The van der Waals surface area contributed by atoms with Crippen LogP contribution in [0.5, 0.6) is 17.2 Å². The van der Waals surface area contributed by atoms with Crippen molar-refractivity contribution < 1.29 is 32.3 Å². The van der Waals surface area contributed by atoms with Gasteiger partial charge in [-0.3, -0.25) is 15.0 Å². The van der Waals surface area contributed by atoms with E-state index in [9.17, 15) is 23.3 Å². The molecule has 14 heteroatoms. The van der Waals surface area contributed by atoms with E-state index in [2.05, 4.69) is 24.9 Å². The fourth-order valence-electron chi connectivity index (χ4n) is 4.15. The summed E-state index contributed by atoms with van der Waals surface area (Å²) in [6.07, 6.45) is -3.60. The van der Waals surface area contributed by atoms with Crippen LogP contribution in [0.2, 0.25) is 0 Å². The smallest absolute Gasteiger partial charge is 0.454 e. The number of fused-ring (bicyclic) bond motifs is 1. The second-order valence-electron chi connectivity index (χ2n) is 8.30. The summed E-state index contributed by atoms with van der Waals surface area (Å²) in [5.41, 5.74) is 1.06. The molecule has 2 aromatic carbocycles. The van der Waals surface area contributed by atoms with E-state index in [1.165, 1.54) is 18.5 Å². The van der Waals surface area contributed by atoms with E-state index >= 15 is 0 Å². The lowest BCUT2D eigenvalue weighted by molar-refractivity contribution is -0.383. The Balaban J connectivity index is 1.26. The molecule has 5 rings (SSSR count). The standard InChI is InChI=1S/C23H21F3N6O5/c24-23(25,26)37-17-4-2-16(3-5-17)29-21-20(32(33)34)22(28-13-27-21)31-9-7-30(8-10-31)12-15-1-6-18-19(11-15)36-14-35-18/h1-6,11,13H,7-10,12,14H2,(H,27,28,29). The van der Waals surface area contributed by atoms with Crippen molar-refractivity contribution in [1.29, 1.82) is 0 Å². The quantitative estimate of drug-likeness (QED) is 0.362. The molecule has 0 amide bonds. The average Bonchev–Trinajstić information content (AvgIpc) is 3.33. The van der Waals surface area contributed by atoms with Gasteiger partial charge < -0.3 is 24.4 Å². The molecule has 0 atom stereocenters. The number of hydrogen-bond acceptors (Lipinski definition) is 10. The van der Waals surface area contributed by atoms with Crippen molar-refractivity contribution in [1.82, 2.24) is 14.9 Å². The molecule has 1 saturated heterocycles. The molecule has 0 saturated carbocycles. The van der Waals surface area contributed by atoms with Crippen LogP contribution in [0, 0.1) is 10.1 Å². The van der Waals surface area contributed by atoms with Crippen LogP contribution in [-0.4, -0.2) is 59.1 Å². The van der Waals surface area contributed by atoms with Crippen molar-refractivity contribution in [3.63, 3.8) is 0 Å². The highest BCUT2D eigenvalue weighted by atomic mass is 19.4. The first-order valence-corrected chi connectivity index (χ1v) is 11.2. The summed E-state index contributed by atoms with van der Waals surface area (Å²) < 4.78 is 51.8. The van der Waals surface area contributed by atoms with Gasteiger partial charge in [-0.15, -0.1) is 13.2 Å². The second-order valence-corrected chi connectivity index (χ2v) is 8.30. The van der Waals surface area contributed by atoms with Crippen LogP contribution in [0.1, 0.15) is 5.56 Å². The van der Waals surface area contributed by atoms with Crippen LogP contribution in [-0.2, 0) is 6.54 Å². The van der Waals surface area contributed by atoms with Crippen molar-refractivity contribution in [3.8, 4) is 17.2 Å². The molecule has 1 N–H and O–H groups in total. The number of halogens is 3. The van der Waals surface area contributed by atoms with E-state index in [1.54, 1.807) is 0 Å². The SMILES string of the molecule is O=[N+]([O-])c1c(Nc2ccc(OC(F)(F)F)cc2)ncnc1N1CCN(Cc2ccc3c(c2)OCO3)CC1. The minimum absolute atomic E-state index is 0.0673. The Labute approximate surface area is 208 Å². The number of ether oxygens (including phenoxy) is 3. The average molecular weight is 518 g/mol. The lowest BCUT2D eigenvalue weighted by Gasteiger charge is -2.35. The Hall–Kier alpha value is -4.33. The van der Waals surface area contributed by atoms with Gasteiger partial charge in [0, 0.05) is 38.4 Å². The Bertz CT molecular complexity index is 1280. The van der Waals surface area contributed by atoms with Gasteiger partial charge in [-0.1, -0.05) is 6.07 Å². The molecule has 3 aromatic rings. The third kappa shape index (κ3) is 5.74. The van der Waals surface area contributed by atoms with E-state index in [1.807, 2.05) is 23.1 Å². The third-order valence-electron chi connectivity index (χ3n) is 5.85. The summed E-state index contributed by atoms with van der Waals surface area (Å²) >= 11 is 0. The number of nitro groups is 1. The molecule has 0 bridgehead atoms. The lowest BCUT2D eigenvalue weighted by Crippen LogP contribution is -2.46. The topological polar surface area (TPSA) is 115 Å². The molecule has 0 unspecified atom stereocenters. The minimum atomic E-state index is -4.82. The predicted molar refractivity (Wildman–Crippen MR) is 125 cm³/mol. The number of alkyl halides is 3. The van der Waals surface area contributed by atoms with Gasteiger partial charge in [0.2, 0.25) is 18.4 Å². The van der Waals surface area contributed by atoms with Crippen molar-refractivity contribution in [2.24, 2.45) is 0 Å². The second kappa shape index (κ2) is 9.97. The monoisotopic (exact) mass is 518 g/mol. The van der Waals surface area contributed by atoms with Crippen molar-refractivity contribution in [2.75, 3.05) is 43.2 Å². The summed E-state index contributed by atoms with van der Waals surface area (Å²) in [7, 11) is 0. The molecule has 2 aliphatic rings. The Kier molecular flexibility index (Phi) is 6.56. The zero-order chi connectivity index (χ0) is 26.0. The van der Waals surface area contributed by atoms with E-state index in [0.29, 0.717) is 38.4 Å². The van der Waals surface area contributed by atoms with E-state index < -0.39 is 17.0 Å². The zero-order valence-electron chi connectivity index (χ0n) is 19.3. The normalized spacial score (nSPS) is 15.5. The summed E-state index contributed by atoms with van der Waals surface area (Å²) in [6, 6.07) is 10.6. The third-order valence-corrected chi connectivity index (χ3v) is 5.85. The van der Waals surface area contributed by atoms with Crippen LogP contribution >= 0.6 is 0 Å². The van der Waals surface area contributed by atoms with Gasteiger partial charge in [-0.25, -0.2) is 9.97 Å². The fourth-order valence-corrected chi connectivity index (χ4v) is 4.15. The highest BCUT2D eigenvalue weighted by molar-refractivity contribution is 5.74. The number of rotatable bonds is 7. The van der Waals surface area contributed by atoms with Crippen LogP contribution in [0.3, 0.4) is 0 Å².